The van der Waals surface area contributed by atoms with Gasteiger partial charge in [-0.15, -0.1) is 11.3 Å². The van der Waals surface area contributed by atoms with Crippen molar-refractivity contribution in [3.05, 3.63) is 53.1 Å². The molecule has 0 radical (unpaired) electrons. The highest BCUT2D eigenvalue weighted by Gasteiger charge is 2.08. The summed E-state index contributed by atoms with van der Waals surface area (Å²) in [5.74, 6) is 0.741. The molecule has 3 aromatic rings. The zero-order valence-corrected chi connectivity index (χ0v) is 12.4. The van der Waals surface area contributed by atoms with Crippen LogP contribution in [0.15, 0.2) is 46.8 Å². The van der Waals surface area contributed by atoms with Crippen LogP contribution in [0.2, 0.25) is 5.02 Å². The van der Waals surface area contributed by atoms with Gasteiger partial charge in [-0.1, -0.05) is 41.6 Å². The summed E-state index contributed by atoms with van der Waals surface area (Å²) in [5.41, 5.74) is 8.71. The largest absolute Gasteiger partial charge is 0.398 e. The van der Waals surface area contributed by atoms with Gasteiger partial charge in [-0.3, -0.25) is 0 Å². The number of para-hydroxylation sites is 1. The highest BCUT2D eigenvalue weighted by atomic mass is 35.5. The minimum atomic E-state index is 0.716. The van der Waals surface area contributed by atoms with Gasteiger partial charge in [-0.2, -0.15) is 0 Å². The number of nitrogen functional groups attached to an aromatic ring is 1. The zero-order valence-electron chi connectivity index (χ0n) is 9.97. The van der Waals surface area contributed by atoms with Crippen LogP contribution >= 0.6 is 34.7 Å². The minimum absolute atomic E-state index is 0.716. The number of rotatable bonds is 3. The van der Waals surface area contributed by atoms with Gasteiger partial charge in [0.15, 0.2) is 4.34 Å². The average Bonchev–Trinajstić information content (AvgIpc) is 2.81. The first-order valence-electron chi connectivity index (χ1n) is 5.75. The Hall–Kier alpha value is -1.23. The summed E-state index contributed by atoms with van der Waals surface area (Å²) in [6.07, 6.45) is 0. The van der Waals surface area contributed by atoms with Crippen molar-refractivity contribution >= 4 is 50.6 Å². The molecule has 2 N–H and O–H groups in total. The van der Waals surface area contributed by atoms with Crippen LogP contribution in [0.4, 0.5) is 5.69 Å². The Bertz CT molecular complexity index is 671. The van der Waals surface area contributed by atoms with Gasteiger partial charge in [0.25, 0.3) is 0 Å². The van der Waals surface area contributed by atoms with Crippen LogP contribution in [0.3, 0.4) is 0 Å². The summed E-state index contributed by atoms with van der Waals surface area (Å²) in [5, 5.41) is 0.716. The van der Waals surface area contributed by atoms with Crippen LogP contribution in [0, 0.1) is 0 Å². The number of fused-ring (bicyclic) bond motifs is 1. The van der Waals surface area contributed by atoms with E-state index >= 15 is 0 Å². The molecule has 0 bridgehead atoms. The Morgan fingerprint density at radius 1 is 1.16 bits per heavy atom. The maximum atomic E-state index is 6.16. The molecule has 0 amide bonds. The third kappa shape index (κ3) is 2.71. The number of aromatic nitrogens is 1. The molecule has 0 spiro atoms. The van der Waals surface area contributed by atoms with Crippen LogP contribution in [0.5, 0.6) is 0 Å². The number of hydrogen-bond donors (Lipinski definition) is 1. The Labute approximate surface area is 124 Å². The van der Waals surface area contributed by atoms with E-state index in [-0.39, 0.29) is 0 Å². The van der Waals surface area contributed by atoms with Crippen LogP contribution in [-0.2, 0) is 5.75 Å². The number of anilines is 1. The van der Waals surface area contributed by atoms with E-state index in [1.807, 2.05) is 36.4 Å². The molecule has 0 saturated heterocycles. The highest BCUT2D eigenvalue weighted by molar-refractivity contribution is 8.00. The predicted molar refractivity (Wildman–Crippen MR) is 85.0 cm³/mol. The lowest BCUT2D eigenvalue weighted by atomic mass is 10.2. The third-order valence-electron chi connectivity index (χ3n) is 2.77. The average molecular weight is 307 g/mol. The minimum Gasteiger partial charge on any atom is -0.398 e. The van der Waals surface area contributed by atoms with E-state index in [0.29, 0.717) is 5.02 Å². The van der Waals surface area contributed by atoms with Crippen LogP contribution < -0.4 is 5.73 Å². The molecule has 19 heavy (non-hydrogen) atoms. The molecular formula is C14H11ClN2S2. The lowest BCUT2D eigenvalue weighted by Gasteiger charge is -2.05. The molecule has 0 atom stereocenters. The van der Waals surface area contributed by atoms with Gasteiger partial charge in [0.1, 0.15) is 0 Å². The number of benzene rings is 2. The van der Waals surface area contributed by atoms with Gasteiger partial charge in [-0.05, 0) is 24.3 Å². The number of hydrogen-bond acceptors (Lipinski definition) is 4. The molecule has 2 aromatic carbocycles. The van der Waals surface area contributed by atoms with Crippen molar-refractivity contribution in [1.29, 1.82) is 0 Å². The maximum Gasteiger partial charge on any atom is 0.151 e. The Morgan fingerprint density at radius 3 is 2.79 bits per heavy atom. The molecule has 5 heteroatoms. The summed E-state index contributed by atoms with van der Waals surface area (Å²) < 4.78 is 2.25. The van der Waals surface area contributed by atoms with E-state index < -0.39 is 0 Å². The summed E-state index contributed by atoms with van der Waals surface area (Å²) >= 11 is 9.53. The van der Waals surface area contributed by atoms with Gasteiger partial charge in [0.2, 0.25) is 0 Å². The second-order valence-corrected chi connectivity index (χ2v) is 6.70. The summed E-state index contributed by atoms with van der Waals surface area (Å²) in [4.78, 5) is 4.58. The predicted octanol–water partition coefficient (Wildman–Crippen LogP) is 4.82. The van der Waals surface area contributed by atoms with Crippen molar-refractivity contribution in [3.63, 3.8) is 0 Å². The topological polar surface area (TPSA) is 38.9 Å². The van der Waals surface area contributed by atoms with E-state index in [1.54, 1.807) is 23.1 Å². The molecular weight excluding hydrogens is 296 g/mol. The maximum absolute atomic E-state index is 6.16. The van der Waals surface area contributed by atoms with Gasteiger partial charge in [0.05, 0.1) is 10.2 Å². The second-order valence-electron chi connectivity index (χ2n) is 4.04. The molecule has 1 aromatic heterocycles. The van der Waals surface area contributed by atoms with Gasteiger partial charge < -0.3 is 5.73 Å². The van der Waals surface area contributed by atoms with Crippen molar-refractivity contribution in [2.75, 3.05) is 5.73 Å². The third-order valence-corrected chi connectivity index (χ3v) is 5.33. The van der Waals surface area contributed by atoms with E-state index in [4.69, 9.17) is 17.3 Å². The molecule has 0 aliphatic rings. The van der Waals surface area contributed by atoms with Crippen LogP contribution in [-0.4, -0.2) is 4.98 Å². The molecule has 0 fully saturated rings. The van der Waals surface area contributed by atoms with Crippen molar-refractivity contribution in [2.45, 2.75) is 10.1 Å². The number of nitrogens with zero attached hydrogens (tertiary/aromatic N) is 1. The smallest absolute Gasteiger partial charge is 0.151 e. The highest BCUT2D eigenvalue weighted by Crippen LogP contribution is 2.34. The number of thioether (sulfide) groups is 1. The SMILES string of the molecule is Nc1cccc(Cl)c1CSc1nc2ccccc2s1. The van der Waals surface area contributed by atoms with Crippen molar-refractivity contribution in [3.8, 4) is 0 Å². The van der Waals surface area contributed by atoms with Crippen molar-refractivity contribution in [2.24, 2.45) is 0 Å². The number of halogens is 1. The summed E-state index contributed by atoms with van der Waals surface area (Å²) in [7, 11) is 0. The van der Waals surface area contributed by atoms with Crippen LogP contribution in [0.25, 0.3) is 10.2 Å². The molecule has 3 rings (SSSR count). The lowest BCUT2D eigenvalue weighted by Crippen LogP contribution is -1.93. The van der Waals surface area contributed by atoms with E-state index in [0.717, 1.165) is 26.9 Å². The molecule has 96 valence electrons. The number of thiazole rings is 1. The van der Waals surface area contributed by atoms with E-state index in [9.17, 15) is 0 Å². The van der Waals surface area contributed by atoms with Crippen LogP contribution in [0.1, 0.15) is 5.56 Å². The quantitative estimate of drug-likeness (QED) is 0.557. The molecule has 0 aliphatic carbocycles. The van der Waals surface area contributed by atoms with E-state index in [2.05, 4.69) is 11.1 Å². The molecule has 0 unspecified atom stereocenters. The molecule has 1 heterocycles. The lowest BCUT2D eigenvalue weighted by molar-refractivity contribution is 1.29. The first-order valence-corrected chi connectivity index (χ1v) is 7.93. The first kappa shape index (κ1) is 12.8. The monoisotopic (exact) mass is 306 g/mol. The fraction of sp³-hybridized carbons (Fsp3) is 0.0714. The fourth-order valence-corrected chi connectivity index (χ4v) is 4.23. The number of nitrogens with two attached hydrogens (primary N) is 1. The van der Waals surface area contributed by atoms with Crippen molar-refractivity contribution < 1.29 is 0 Å². The second kappa shape index (κ2) is 5.41. The molecule has 0 aliphatic heterocycles. The Kier molecular flexibility index (Phi) is 3.64. The Balaban J connectivity index is 1.82. The summed E-state index contributed by atoms with van der Waals surface area (Å²) in [6.45, 7) is 0. The van der Waals surface area contributed by atoms with Gasteiger partial charge in [-0.25, -0.2) is 4.98 Å². The molecule has 0 saturated carbocycles. The zero-order chi connectivity index (χ0) is 13.2. The van der Waals surface area contributed by atoms with Gasteiger partial charge >= 0.3 is 0 Å². The fourth-order valence-electron chi connectivity index (χ4n) is 1.77. The summed E-state index contributed by atoms with van der Waals surface area (Å²) in [6, 6.07) is 13.8. The standard InChI is InChI=1S/C14H11ClN2S2/c15-10-4-3-5-11(16)9(10)8-18-14-17-12-6-1-2-7-13(12)19-14/h1-7H,8,16H2. The molecule has 2 nitrogen and oxygen atoms in total. The Morgan fingerprint density at radius 2 is 2.00 bits per heavy atom. The normalized spacial score (nSPS) is 11.0. The van der Waals surface area contributed by atoms with Crippen molar-refractivity contribution in [1.82, 2.24) is 4.98 Å². The van der Waals surface area contributed by atoms with Gasteiger partial charge in [0, 0.05) is 22.0 Å². The first-order chi connectivity index (χ1) is 9.24. The van der Waals surface area contributed by atoms with E-state index in [1.165, 1.54) is 4.70 Å².